The van der Waals surface area contributed by atoms with Crippen molar-refractivity contribution in [2.75, 3.05) is 47.1 Å². The fourth-order valence-electron chi connectivity index (χ4n) is 5.09. The highest BCUT2D eigenvalue weighted by molar-refractivity contribution is 6.05. The quantitative estimate of drug-likeness (QED) is 0.665. The minimum atomic E-state index is -0.0550. The summed E-state index contributed by atoms with van der Waals surface area (Å²) in [5.41, 5.74) is 2.42. The average Bonchev–Trinajstić information content (AvgIpc) is 3.01. The summed E-state index contributed by atoms with van der Waals surface area (Å²) in [5, 5.41) is 0. The molecule has 2 amide bonds. The maximum Gasteiger partial charge on any atom is 0.234 e. The molecule has 0 unspecified atom stereocenters. The van der Waals surface area contributed by atoms with Crippen LogP contribution in [0.5, 0.6) is 11.5 Å². The van der Waals surface area contributed by atoms with Gasteiger partial charge in [-0.2, -0.15) is 0 Å². The summed E-state index contributed by atoms with van der Waals surface area (Å²) in [5.74, 6) is 1.52. The number of hydrogen-bond acceptors (Lipinski definition) is 6. The maximum absolute atomic E-state index is 12.7. The third-order valence-corrected chi connectivity index (χ3v) is 6.97. The van der Waals surface area contributed by atoms with E-state index in [1.807, 2.05) is 6.07 Å². The van der Waals surface area contributed by atoms with Gasteiger partial charge in [-0.15, -0.1) is 0 Å². The first-order valence-corrected chi connectivity index (χ1v) is 11.0. The molecule has 0 bridgehead atoms. The number of aryl methyl sites for hydroxylation is 1. The lowest BCUT2D eigenvalue weighted by molar-refractivity contribution is -0.142. The van der Waals surface area contributed by atoms with Crippen LogP contribution in [0, 0.1) is 18.8 Å². The Morgan fingerprint density at radius 1 is 0.867 bits per heavy atom. The Morgan fingerprint density at radius 2 is 1.40 bits per heavy atom. The van der Waals surface area contributed by atoms with E-state index in [1.165, 1.54) is 16.0 Å². The molecule has 4 rings (SSSR count). The molecule has 1 saturated carbocycles. The number of amides is 2. The second-order valence-corrected chi connectivity index (χ2v) is 8.77. The summed E-state index contributed by atoms with van der Waals surface area (Å²) in [6.07, 6.45) is 3.90. The van der Waals surface area contributed by atoms with Crippen molar-refractivity contribution in [3.63, 3.8) is 0 Å². The first-order valence-electron chi connectivity index (χ1n) is 11.0. The summed E-state index contributed by atoms with van der Waals surface area (Å²) in [4.78, 5) is 31.6. The van der Waals surface area contributed by atoms with Gasteiger partial charge in [0.05, 0.1) is 32.7 Å². The van der Waals surface area contributed by atoms with Crippen LogP contribution in [0.15, 0.2) is 12.1 Å². The number of fused-ring (bicyclic) bond motifs is 1. The van der Waals surface area contributed by atoms with Crippen LogP contribution in [-0.2, 0) is 16.1 Å². The second-order valence-electron chi connectivity index (χ2n) is 8.77. The van der Waals surface area contributed by atoms with E-state index in [-0.39, 0.29) is 23.7 Å². The number of rotatable bonds is 6. The molecule has 3 aliphatic rings. The highest BCUT2D eigenvalue weighted by Crippen LogP contribution is 2.38. The molecular formula is C23H33N3O4. The third-order valence-electron chi connectivity index (χ3n) is 6.97. The molecule has 7 heteroatoms. The number of ether oxygens (including phenoxy) is 2. The van der Waals surface area contributed by atoms with Gasteiger partial charge in [-0.05, 0) is 43.0 Å². The first-order chi connectivity index (χ1) is 14.5. The molecule has 164 valence electrons. The van der Waals surface area contributed by atoms with Crippen molar-refractivity contribution in [1.29, 1.82) is 0 Å². The Balaban J connectivity index is 1.32. The molecule has 2 heterocycles. The fourth-order valence-corrected chi connectivity index (χ4v) is 5.09. The highest BCUT2D eigenvalue weighted by Gasteiger charge is 2.48. The number of likely N-dealkylation sites (tertiary alicyclic amines) is 1. The van der Waals surface area contributed by atoms with E-state index < -0.39 is 0 Å². The van der Waals surface area contributed by atoms with Crippen LogP contribution in [-0.4, -0.2) is 73.6 Å². The van der Waals surface area contributed by atoms with Crippen LogP contribution in [0.1, 0.15) is 36.8 Å². The van der Waals surface area contributed by atoms with Gasteiger partial charge in [-0.1, -0.05) is 12.8 Å². The lowest BCUT2D eigenvalue weighted by Gasteiger charge is -2.36. The molecule has 1 aromatic rings. The van der Waals surface area contributed by atoms with E-state index in [2.05, 4.69) is 22.8 Å². The molecule has 0 spiro atoms. The van der Waals surface area contributed by atoms with Gasteiger partial charge in [-0.3, -0.25) is 24.3 Å². The number of carbonyl (C=O) groups is 2. The standard InChI is InChI=1S/C23H33N3O4/c1-16-12-20(29-2)21(30-3)13-17(16)14-24-8-10-25(11-9-24)15-26-22(27)18-6-4-5-7-19(18)23(26)28/h12-13,18-19H,4-11,14-15H2,1-3H3/t18-,19+. The number of carbonyl (C=O) groups excluding carboxylic acids is 2. The van der Waals surface area contributed by atoms with Gasteiger partial charge in [0.2, 0.25) is 11.8 Å². The average molecular weight is 416 g/mol. The number of hydrogen-bond donors (Lipinski definition) is 0. The highest BCUT2D eigenvalue weighted by atomic mass is 16.5. The Labute approximate surface area is 178 Å². The summed E-state index contributed by atoms with van der Waals surface area (Å²) >= 11 is 0. The van der Waals surface area contributed by atoms with Crippen molar-refractivity contribution in [3.8, 4) is 11.5 Å². The monoisotopic (exact) mass is 415 g/mol. The summed E-state index contributed by atoms with van der Waals surface area (Å²) < 4.78 is 10.8. The van der Waals surface area contributed by atoms with Crippen LogP contribution in [0.3, 0.4) is 0 Å². The number of methoxy groups -OCH3 is 2. The lowest BCUT2D eigenvalue weighted by Crippen LogP contribution is -2.51. The van der Waals surface area contributed by atoms with Crippen LogP contribution < -0.4 is 9.47 Å². The predicted octanol–water partition coefficient (Wildman–Crippen LogP) is 2.26. The third kappa shape index (κ3) is 4.05. The Kier molecular flexibility index (Phi) is 6.29. The van der Waals surface area contributed by atoms with Crippen molar-refractivity contribution < 1.29 is 19.1 Å². The molecule has 0 N–H and O–H groups in total. The lowest BCUT2D eigenvalue weighted by atomic mass is 9.81. The van der Waals surface area contributed by atoms with Crippen LogP contribution in [0.4, 0.5) is 0 Å². The predicted molar refractivity (Wildman–Crippen MR) is 113 cm³/mol. The van der Waals surface area contributed by atoms with Crippen molar-refractivity contribution >= 4 is 11.8 Å². The minimum absolute atomic E-state index is 0.0550. The topological polar surface area (TPSA) is 62.3 Å². The van der Waals surface area contributed by atoms with Crippen molar-refractivity contribution in [3.05, 3.63) is 23.3 Å². The van der Waals surface area contributed by atoms with Crippen molar-refractivity contribution in [2.45, 2.75) is 39.2 Å². The molecule has 0 radical (unpaired) electrons. The van der Waals surface area contributed by atoms with Crippen LogP contribution >= 0.6 is 0 Å². The first kappa shape index (κ1) is 21.1. The van der Waals surface area contributed by atoms with Gasteiger partial charge >= 0.3 is 0 Å². The van der Waals surface area contributed by atoms with Gasteiger partial charge in [0.15, 0.2) is 11.5 Å². The van der Waals surface area contributed by atoms with Crippen LogP contribution in [0.25, 0.3) is 0 Å². The maximum atomic E-state index is 12.7. The number of imide groups is 1. The fraction of sp³-hybridized carbons (Fsp3) is 0.652. The molecule has 7 nitrogen and oxygen atoms in total. The van der Waals surface area contributed by atoms with Gasteiger partial charge in [0.1, 0.15) is 0 Å². The van der Waals surface area contributed by atoms with Crippen LogP contribution in [0.2, 0.25) is 0 Å². The molecule has 2 saturated heterocycles. The molecule has 0 aromatic heterocycles. The Bertz CT molecular complexity index is 780. The van der Waals surface area contributed by atoms with E-state index in [0.29, 0.717) is 6.67 Å². The number of piperazine rings is 1. The molecule has 2 aliphatic heterocycles. The Morgan fingerprint density at radius 3 is 1.97 bits per heavy atom. The molecule has 3 fully saturated rings. The van der Waals surface area contributed by atoms with Gasteiger partial charge in [-0.25, -0.2) is 0 Å². The summed E-state index contributed by atoms with van der Waals surface area (Å²) in [6, 6.07) is 4.08. The van der Waals surface area contributed by atoms with E-state index >= 15 is 0 Å². The van der Waals surface area contributed by atoms with Crippen molar-refractivity contribution in [2.24, 2.45) is 11.8 Å². The largest absolute Gasteiger partial charge is 0.493 e. The van der Waals surface area contributed by atoms with E-state index in [9.17, 15) is 9.59 Å². The minimum Gasteiger partial charge on any atom is -0.493 e. The smallest absolute Gasteiger partial charge is 0.234 e. The summed E-state index contributed by atoms with van der Waals surface area (Å²) in [6.45, 7) is 6.95. The molecule has 30 heavy (non-hydrogen) atoms. The zero-order valence-electron chi connectivity index (χ0n) is 18.4. The number of nitrogens with zero attached hydrogens (tertiary/aromatic N) is 3. The molecule has 2 atom stereocenters. The zero-order valence-corrected chi connectivity index (χ0v) is 18.4. The van der Waals surface area contributed by atoms with Gasteiger partial charge in [0, 0.05) is 32.7 Å². The van der Waals surface area contributed by atoms with Crippen molar-refractivity contribution in [1.82, 2.24) is 14.7 Å². The molecule has 1 aromatic carbocycles. The van der Waals surface area contributed by atoms with E-state index in [4.69, 9.17) is 9.47 Å². The summed E-state index contributed by atoms with van der Waals surface area (Å²) in [7, 11) is 3.31. The molecule has 1 aliphatic carbocycles. The van der Waals surface area contributed by atoms with E-state index in [1.54, 1.807) is 14.2 Å². The second kappa shape index (κ2) is 8.94. The Hall–Kier alpha value is -2.12. The van der Waals surface area contributed by atoms with E-state index in [0.717, 1.165) is 69.9 Å². The number of benzene rings is 1. The normalized spacial score (nSPS) is 25.5. The zero-order chi connectivity index (χ0) is 21.3. The van der Waals surface area contributed by atoms with Gasteiger partial charge in [0.25, 0.3) is 0 Å². The SMILES string of the molecule is COc1cc(C)c(CN2CCN(CN3C(=O)[C@H]4CCCC[C@H]4C3=O)CC2)cc1OC. The molecular weight excluding hydrogens is 382 g/mol. The van der Waals surface area contributed by atoms with Gasteiger partial charge < -0.3 is 9.47 Å².